The summed E-state index contributed by atoms with van der Waals surface area (Å²) >= 11 is 0. The molecule has 0 amide bonds. The van der Waals surface area contributed by atoms with Gasteiger partial charge in [-0.15, -0.1) is 0 Å². The quantitative estimate of drug-likeness (QED) is 0.862. The van der Waals surface area contributed by atoms with E-state index in [9.17, 15) is 5.11 Å². The lowest BCUT2D eigenvalue weighted by Gasteiger charge is -2.43. The zero-order chi connectivity index (χ0) is 13.0. The summed E-state index contributed by atoms with van der Waals surface area (Å²) in [7, 11) is 1.74. The Hall–Kier alpha value is -1.06. The van der Waals surface area contributed by atoms with Crippen molar-refractivity contribution in [3.05, 3.63) is 29.8 Å². The van der Waals surface area contributed by atoms with Crippen LogP contribution >= 0.6 is 0 Å². The standard InChI is InChI=1S/C15H23NO2/c1-12-7-3-4-8-13(12)16-15(11-17)10-6-5-9-14(15)18-2/h3-4,7-8,14,16-17H,5-6,9-11H2,1-2H3. The Morgan fingerprint density at radius 1 is 1.39 bits per heavy atom. The second-order valence-electron chi connectivity index (χ2n) is 5.22. The highest BCUT2D eigenvalue weighted by atomic mass is 16.5. The fraction of sp³-hybridized carbons (Fsp3) is 0.600. The zero-order valence-corrected chi connectivity index (χ0v) is 11.3. The average Bonchev–Trinajstić information content (AvgIpc) is 2.42. The number of hydrogen-bond acceptors (Lipinski definition) is 3. The van der Waals surface area contributed by atoms with Gasteiger partial charge in [-0.1, -0.05) is 31.0 Å². The van der Waals surface area contributed by atoms with E-state index in [2.05, 4.69) is 24.4 Å². The number of anilines is 1. The smallest absolute Gasteiger partial charge is 0.0865 e. The van der Waals surface area contributed by atoms with Crippen molar-refractivity contribution in [3.63, 3.8) is 0 Å². The molecule has 2 unspecified atom stereocenters. The zero-order valence-electron chi connectivity index (χ0n) is 11.3. The van der Waals surface area contributed by atoms with Crippen LogP contribution in [0.1, 0.15) is 31.2 Å². The number of hydrogen-bond donors (Lipinski definition) is 2. The molecule has 3 nitrogen and oxygen atoms in total. The molecule has 1 aliphatic rings. The monoisotopic (exact) mass is 249 g/mol. The number of para-hydroxylation sites is 1. The second kappa shape index (κ2) is 5.72. The highest BCUT2D eigenvalue weighted by Gasteiger charge is 2.40. The van der Waals surface area contributed by atoms with E-state index in [-0.39, 0.29) is 18.2 Å². The van der Waals surface area contributed by atoms with Gasteiger partial charge in [0.15, 0.2) is 0 Å². The van der Waals surface area contributed by atoms with E-state index >= 15 is 0 Å². The molecule has 2 atom stereocenters. The number of nitrogens with one attached hydrogen (secondary N) is 1. The molecule has 0 spiro atoms. The predicted octanol–water partition coefficient (Wildman–Crippen LogP) is 2.73. The molecule has 0 aliphatic heterocycles. The summed E-state index contributed by atoms with van der Waals surface area (Å²) in [4.78, 5) is 0. The Bertz CT molecular complexity index is 394. The van der Waals surface area contributed by atoms with Crippen molar-refractivity contribution in [3.8, 4) is 0 Å². The van der Waals surface area contributed by atoms with Gasteiger partial charge in [0.25, 0.3) is 0 Å². The number of ether oxygens (including phenoxy) is 1. The van der Waals surface area contributed by atoms with E-state index in [1.165, 1.54) is 12.0 Å². The summed E-state index contributed by atoms with van der Waals surface area (Å²) in [5, 5.41) is 13.4. The van der Waals surface area contributed by atoms with Crippen molar-refractivity contribution in [2.45, 2.75) is 44.2 Å². The van der Waals surface area contributed by atoms with Crippen molar-refractivity contribution in [1.82, 2.24) is 0 Å². The molecular weight excluding hydrogens is 226 g/mol. The van der Waals surface area contributed by atoms with Crippen LogP contribution in [0.5, 0.6) is 0 Å². The Labute approximate surface area is 109 Å². The van der Waals surface area contributed by atoms with Gasteiger partial charge in [0, 0.05) is 12.8 Å². The molecule has 1 aliphatic carbocycles. The highest BCUT2D eigenvalue weighted by Crippen LogP contribution is 2.34. The van der Waals surface area contributed by atoms with Gasteiger partial charge in [-0.05, 0) is 31.4 Å². The Morgan fingerprint density at radius 2 is 2.17 bits per heavy atom. The maximum atomic E-state index is 9.85. The number of methoxy groups -OCH3 is 1. The van der Waals surface area contributed by atoms with Crippen LogP contribution in [0.2, 0.25) is 0 Å². The molecule has 3 heteroatoms. The first-order chi connectivity index (χ1) is 8.72. The first kappa shape index (κ1) is 13.4. The number of aliphatic hydroxyl groups is 1. The third kappa shape index (κ3) is 2.52. The number of benzene rings is 1. The minimum Gasteiger partial charge on any atom is -0.394 e. The molecule has 1 saturated carbocycles. The summed E-state index contributed by atoms with van der Waals surface area (Å²) in [6, 6.07) is 8.19. The molecule has 1 aromatic rings. The topological polar surface area (TPSA) is 41.5 Å². The minimum absolute atomic E-state index is 0.0795. The van der Waals surface area contributed by atoms with Gasteiger partial charge in [-0.2, -0.15) is 0 Å². The largest absolute Gasteiger partial charge is 0.394 e. The second-order valence-corrected chi connectivity index (χ2v) is 5.22. The van der Waals surface area contributed by atoms with Crippen LogP contribution in [0.15, 0.2) is 24.3 Å². The Morgan fingerprint density at radius 3 is 2.83 bits per heavy atom. The normalized spacial score (nSPS) is 28.1. The van der Waals surface area contributed by atoms with Crippen molar-refractivity contribution < 1.29 is 9.84 Å². The lowest BCUT2D eigenvalue weighted by Crippen LogP contribution is -2.55. The molecule has 0 aromatic heterocycles. The molecule has 1 fully saturated rings. The minimum atomic E-state index is -0.334. The lowest BCUT2D eigenvalue weighted by atomic mass is 9.79. The Balaban J connectivity index is 2.24. The van der Waals surface area contributed by atoms with E-state index < -0.39 is 0 Å². The van der Waals surface area contributed by atoms with Gasteiger partial charge in [-0.3, -0.25) is 0 Å². The van der Waals surface area contributed by atoms with Crippen molar-refractivity contribution in [2.24, 2.45) is 0 Å². The average molecular weight is 249 g/mol. The highest BCUT2D eigenvalue weighted by molar-refractivity contribution is 5.52. The van der Waals surface area contributed by atoms with Crippen molar-refractivity contribution in [2.75, 3.05) is 19.0 Å². The van der Waals surface area contributed by atoms with Crippen molar-refractivity contribution in [1.29, 1.82) is 0 Å². The summed E-state index contributed by atoms with van der Waals surface area (Å²) in [5.41, 5.74) is 1.96. The molecular formula is C15H23NO2. The number of aliphatic hydroxyl groups excluding tert-OH is 1. The van der Waals surface area contributed by atoms with E-state index in [0.717, 1.165) is 24.9 Å². The van der Waals surface area contributed by atoms with Gasteiger partial charge in [0.2, 0.25) is 0 Å². The van der Waals surface area contributed by atoms with Crippen LogP contribution < -0.4 is 5.32 Å². The molecule has 0 radical (unpaired) electrons. The summed E-state index contributed by atoms with van der Waals surface area (Å²) < 4.78 is 5.59. The number of aryl methyl sites for hydroxylation is 1. The maximum absolute atomic E-state index is 9.85. The van der Waals surface area contributed by atoms with Gasteiger partial charge in [0.1, 0.15) is 0 Å². The van der Waals surface area contributed by atoms with Gasteiger partial charge in [0.05, 0.1) is 18.2 Å². The summed E-state index contributed by atoms with van der Waals surface area (Å²) in [5.74, 6) is 0. The van der Waals surface area contributed by atoms with Crippen LogP contribution in [0.3, 0.4) is 0 Å². The van der Waals surface area contributed by atoms with Gasteiger partial charge in [-0.25, -0.2) is 0 Å². The van der Waals surface area contributed by atoms with Gasteiger partial charge < -0.3 is 15.2 Å². The van der Waals surface area contributed by atoms with E-state index in [0.29, 0.717) is 0 Å². The van der Waals surface area contributed by atoms with E-state index in [1.807, 2.05) is 12.1 Å². The molecule has 0 heterocycles. The van der Waals surface area contributed by atoms with Crippen molar-refractivity contribution >= 4 is 5.69 Å². The summed E-state index contributed by atoms with van der Waals surface area (Å²) in [6.07, 6.45) is 4.36. The Kier molecular flexibility index (Phi) is 4.25. The SMILES string of the molecule is COC1CCCCC1(CO)Nc1ccccc1C. The fourth-order valence-corrected chi connectivity index (χ4v) is 2.90. The van der Waals surface area contributed by atoms with Crippen LogP contribution in [-0.2, 0) is 4.74 Å². The first-order valence-electron chi connectivity index (χ1n) is 6.69. The van der Waals surface area contributed by atoms with E-state index in [4.69, 9.17) is 4.74 Å². The van der Waals surface area contributed by atoms with Crippen LogP contribution in [0.25, 0.3) is 0 Å². The number of rotatable bonds is 4. The molecule has 1 aromatic carbocycles. The third-order valence-corrected chi connectivity index (χ3v) is 4.05. The third-order valence-electron chi connectivity index (χ3n) is 4.05. The molecule has 18 heavy (non-hydrogen) atoms. The molecule has 0 saturated heterocycles. The van der Waals surface area contributed by atoms with E-state index in [1.54, 1.807) is 7.11 Å². The predicted molar refractivity (Wildman–Crippen MR) is 73.9 cm³/mol. The van der Waals surface area contributed by atoms with Gasteiger partial charge >= 0.3 is 0 Å². The molecule has 2 N–H and O–H groups in total. The molecule has 0 bridgehead atoms. The lowest BCUT2D eigenvalue weighted by molar-refractivity contribution is -0.00857. The maximum Gasteiger partial charge on any atom is 0.0865 e. The van der Waals surface area contributed by atoms with Crippen LogP contribution in [0.4, 0.5) is 5.69 Å². The van der Waals surface area contributed by atoms with Crippen LogP contribution in [0, 0.1) is 6.92 Å². The molecule has 2 rings (SSSR count). The molecule has 100 valence electrons. The fourth-order valence-electron chi connectivity index (χ4n) is 2.90. The first-order valence-corrected chi connectivity index (χ1v) is 6.69. The summed E-state index contributed by atoms with van der Waals surface area (Å²) in [6.45, 7) is 2.19. The van der Waals surface area contributed by atoms with Crippen LogP contribution in [-0.4, -0.2) is 30.5 Å².